The van der Waals surface area contributed by atoms with Crippen molar-refractivity contribution in [3.8, 4) is 22.5 Å². The molecule has 8 rings (SSSR count). The summed E-state index contributed by atoms with van der Waals surface area (Å²) in [6, 6.07) is 7.12. The lowest BCUT2D eigenvalue weighted by atomic mass is 9.84. The number of urea groups is 1. The van der Waals surface area contributed by atoms with Gasteiger partial charge < -0.3 is 34.6 Å². The van der Waals surface area contributed by atoms with Crippen LogP contribution in [0.25, 0.3) is 33.4 Å². The molecular weight excluding hydrogens is 869 g/mol. The predicted molar refractivity (Wildman–Crippen MR) is 259 cm³/mol. The van der Waals surface area contributed by atoms with Gasteiger partial charge in [-0.05, 0) is 80.7 Å². The summed E-state index contributed by atoms with van der Waals surface area (Å²) in [4.78, 5) is 85.1. The zero-order chi connectivity index (χ0) is 47.9. The first-order chi connectivity index (χ1) is 32.0. The van der Waals surface area contributed by atoms with Crippen LogP contribution in [0, 0.1) is 11.3 Å². The number of hydrazine groups is 1. The Morgan fingerprint density at radius 3 is 2.54 bits per heavy atom. The Hall–Kier alpha value is -5.39. The number of aromatic nitrogens is 3. The van der Waals surface area contributed by atoms with Crippen molar-refractivity contribution in [3.63, 3.8) is 0 Å². The van der Waals surface area contributed by atoms with Crippen LogP contribution in [0.5, 0.6) is 0 Å². The third-order valence-electron chi connectivity index (χ3n) is 13.8. The van der Waals surface area contributed by atoms with Gasteiger partial charge in [-0.3, -0.25) is 29.2 Å². The number of ether oxygens (including phenoxy) is 1. The van der Waals surface area contributed by atoms with E-state index >= 15 is 0 Å². The number of amides is 5. The summed E-state index contributed by atoms with van der Waals surface area (Å²) in [6.45, 7) is 17.4. The zero-order valence-electron chi connectivity index (χ0n) is 40.6. The Morgan fingerprint density at radius 1 is 1.06 bits per heavy atom. The number of likely N-dealkylation sites (tertiary alicyclic amines) is 1. The van der Waals surface area contributed by atoms with Gasteiger partial charge in [0.1, 0.15) is 18.1 Å². The zero-order valence-corrected chi connectivity index (χ0v) is 41.4. The van der Waals surface area contributed by atoms with Crippen molar-refractivity contribution >= 4 is 52.0 Å². The molecular formula is C50H68N10O6S. The fourth-order valence-corrected chi connectivity index (χ4v) is 11.1. The summed E-state index contributed by atoms with van der Waals surface area (Å²) >= 11 is 1.42. The molecule has 0 aliphatic carbocycles. The first-order valence-corrected chi connectivity index (χ1v) is 25.0. The van der Waals surface area contributed by atoms with Gasteiger partial charge in [-0.25, -0.2) is 15.2 Å². The van der Waals surface area contributed by atoms with E-state index in [2.05, 4.69) is 79.5 Å². The number of nitrogens with one attached hydrogen (secondary N) is 3. The van der Waals surface area contributed by atoms with Crippen molar-refractivity contribution in [2.24, 2.45) is 11.3 Å². The van der Waals surface area contributed by atoms with E-state index in [-0.39, 0.29) is 48.9 Å². The SMILES string of the molecule is CCn1c(-c2cccnc2C(C)C)c2c3cc(ccc31)-c1csc(n1)C[C@H](NC(=O)[C@H](C(C)C)N(C)C(=O)N(C)[C@H]1CCCN(C(=O)[C@H]3CN3)C1)C(=O)N1CCC[C@H](N1)C(=O)OCC(C)(C)C2. The molecule has 4 aliphatic rings. The number of thiazole rings is 1. The van der Waals surface area contributed by atoms with E-state index in [9.17, 15) is 24.0 Å². The number of aryl methyl sites for hydroxylation is 1. The van der Waals surface area contributed by atoms with Crippen LogP contribution in [-0.2, 0) is 43.3 Å². The first kappa shape index (κ1) is 48.1. The van der Waals surface area contributed by atoms with Gasteiger partial charge in [-0.1, -0.05) is 47.6 Å². The molecule has 0 spiro atoms. The van der Waals surface area contributed by atoms with Gasteiger partial charge in [-0.15, -0.1) is 11.3 Å². The number of esters is 1. The normalized spacial score (nSPS) is 22.6. The Labute approximate surface area is 398 Å². The van der Waals surface area contributed by atoms with E-state index < -0.39 is 41.3 Å². The molecule has 1 aromatic carbocycles. The van der Waals surface area contributed by atoms with Gasteiger partial charge in [-0.2, -0.15) is 0 Å². The molecule has 3 aromatic heterocycles. The molecule has 4 aromatic rings. The number of cyclic esters (lactones) is 1. The van der Waals surface area contributed by atoms with Crippen molar-refractivity contribution in [2.75, 3.05) is 46.9 Å². The summed E-state index contributed by atoms with van der Waals surface area (Å²) in [6.07, 6.45) is 5.10. The number of carbonyl (C=O) groups is 5. The van der Waals surface area contributed by atoms with Gasteiger partial charge in [0.15, 0.2) is 0 Å². The minimum atomic E-state index is -1.08. The maximum atomic E-state index is 14.7. The predicted octanol–water partition coefficient (Wildman–Crippen LogP) is 5.59. The number of piperidine rings is 1. The first-order valence-electron chi connectivity index (χ1n) is 24.1. The second-order valence-corrected chi connectivity index (χ2v) is 21.2. The molecule has 6 bridgehead atoms. The summed E-state index contributed by atoms with van der Waals surface area (Å²) in [5.74, 6) is -1.40. The molecule has 0 radical (unpaired) electrons. The highest BCUT2D eigenvalue weighted by Gasteiger charge is 2.41. The number of pyridine rings is 1. The standard InChI is InChI=1S/C50H68N10O6S/c1-10-59-40-18-17-31-22-34(40)35(44(59)33-15-11-19-51-42(33)29(2)3)24-50(6,7)28-66-48(64)36-16-13-21-60(55-36)47(63)37(23-41-53-39(31)27-67-41)54-45(61)43(30(4)5)57(9)49(65)56(8)32-14-12-20-58(26-32)46(62)38-25-52-38/h11,15,17-19,22,27,29-30,32,36-38,43,52,55H,10,12-14,16,20-21,23-26,28H2,1-9H3,(H,54,61)/t32-,36-,37-,38+,43-/m0/s1. The lowest BCUT2D eigenvalue weighted by Crippen LogP contribution is -2.63. The lowest BCUT2D eigenvalue weighted by molar-refractivity contribution is -0.155. The van der Waals surface area contributed by atoms with Crippen LogP contribution in [0.2, 0.25) is 0 Å². The molecule has 3 fully saturated rings. The fourth-order valence-electron chi connectivity index (χ4n) is 10.2. The number of nitrogens with zero attached hydrogens (tertiary/aromatic N) is 7. The number of benzene rings is 1. The third-order valence-corrected chi connectivity index (χ3v) is 14.7. The van der Waals surface area contributed by atoms with Crippen LogP contribution >= 0.6 is 11.3 Å². The van der Waals surface area contributed by atoms with Crippen LogP contribution in [0.1, 0.15) is 96.3 Å². The molecule has 360 valence electrons. The van der Waals surface area contributed by atoms with Crippen LogP contribution in [0.3, 0.4) is 0 Å². The number of hydrogen-bond acceptors (Lipinski definition) is 11. The van der Waals surface area contributed by atoms with Gasteiger partial charge in [0.2, 0.25) is 11.8 Å². The van der Waals surface area contributed by atoms with Crippen molar-refractivity contribution < 1.29 is 28.7 Å². The largest absolute Gasteiger partial charge is 0.464 e. The molecule has 5 atom stereocenters. The van der Waals surface area contributed by atoms with E-state index in [1.54, 1.807) is 19.0 Å². The second kappa shape index (κ2) is 19.7. The lowest BCUT2D eigenvalue weighted by Gasteiger charge is -2.41. The fraction of sp³-hybridized carbons (Fsp3) is 0.580. The average molecular weight is 937 g/mol. The molecule has 3 saturated heterocycles. The highest BCUT2D eigenvalue weighted by molar-refractivity contribution is 7.10. The van der Waals surface area contributed by atoms with E-state index in [1.807, 2.05) is 36.4 Å². The molecule has 5 amide bonds. The highest BCUT2D eigenvalue weighted by atomic mass is 32.1. The summed E-state index contributed by atoms with van der Waals surface area (Å²) in [5.41, 5.74) is 9.81. The number of rotatable bonds is 9. The van der Waals surface area contributed by atoms with E-state index in [4.69, 9.17) is 14.7 Å². The Bertz CT molecular complexity index is 2510. The van der Waals surface area contributed by atoms with Crippen molar-refractivity contribution in [3.05, 3.63) is 58.2 Å². The summed E-state index contributed by atoms with van der Waals surface area (Å²) in [7, 11) is 3.34. The van der Waals surface area contributed by atoms with Crippen molar-refractivity contribution in [1.82, 2.24) is 50.3 Å². The monoisotopic (exact) mass is 937 g/mol. The minimum Gasteiger partial charge on any atom is -0.464 e. The van der Waals surface area contributed by atoms with Gasteiger partial charge in [0.25, 0.3) is 5.91 Å². The minimum absolute atomic E-state index is 0.0587. The number of likely N-dealkylation sites (N-methyl/N-ethyl adjacent to an activating group) is 2. The topological polar surface area (TPSA) is 184 Å². The Kier molecular flexibility index (Phi) is 14.1. The van der Waals surface area contributed by atoms with E-state index in [0.29, 0.717) is 50.4 Å². The number of fused-ring (bicyclic) bond motifs is 6. The summed E-state index contributed by atoms with van der Waals surface area (Å²) in [5, 5.41) is 11.3. The molecule has 17 heteroatoms. The van der Waals surface area contributed by atoms with E-state index in [1.165, 1.54) is 21.2 Å². The summed E-state index contributed by atoms with van der Waals surface area (Å²) < 4.78 is 8.49. The molecule has 4 aliphatic heterocycles. The number of hydrogen-bond donors (Lipinski definition) is 3. The highest BCUT2D eigenvalue weighted by Crippen LogP contribution is 2.42. The molecule has 0 saturated carbocycles. The molecule has 67 heavy (non-hydrogen) atoms. The smallest absolute Gasteiger partial charge is 0.324 e. The molecule has 3 N–H and O–H groups in total. The van der Waals surface area contributed by atoms with Crippen LogP contribution in [0.15, 0.2) is 41.9 Å². The van der Waals surface area contributed by atoms with Crippen LogP contribution in [0.4, 0.5) is 4.79 Å². The molecule has 16 nitrogen and oxygen atoms in total. The molecule has 7 heterocycles. The Morgan fingerprint density at radius 2 is 1.82 bits per heavy atom. The maximum Gasteiger partial charge on any atom is 0.324 e. The quantitative estimate of drug-likeness (QED) is 0.141. The maximum absolute atomic E-state index is 14.7. The average Bonchev–Trinajstić information content (AvgIpc) is 3.99. The van der Waals surface area contributed by atoms with Gasteiger partial charge >= 0.3 is 12.0 Å². The second-order valence-electron chi connectivity index (χ2n) is 20.3. The van der Waals surface area contributed by atoms with Crippen LogP contribution in [-0.4, -0.2) is 141 Å². The molecule has 0 unspecified atom stereocenters. The van der Waals surface area contributed by atoms with Crippen molar-refractivity contribution in [1.29, 1.82) is 0 Å². The van der Waals surface area contributed by atoms with Crippen LogP contribution < -0.4 is 16.1 Å². The van der Waals surface area contributed by atoms with Crippen molar-refractivity contribution in [2.45, 2.75) is 130 Å². The van der Waals surface area contributed by atoms with E-state index in [0.717, 1.165) is 64.1 Å². The third kappa shape index (κ3) is 10.1. The van der Waals surface area contributed by atoms with Gasteiger partial charge in [0.05, 0.1) is 40.8 Å². The Balaban J connectivity index is 1.12. The number of carbonyl (C=O) groups excluding carboxylic acids is 5. The van der Waals surface area contributed by atoms with Gasteiger partial charge in [0, 0.05) is 92.3 Å².